The summed E-state index contributed by atoms with van der Waals surface area (Å²) in [6.45, 7) is 1.32. The molecule has 6 nitrogen and oxygen atoms in total. The Balaban J connectivity index is 1.49. The van der Waals surface area contributed by atoms with Crippen molar-refractivity contribution in [2.75, 3.05) is 43.4 Å². The highest BCUT2D eigenvalue weighted by atomic mass is 32.2. The monoisotopic (exact) mass is 427 g/mol. The predicted octanol–water partition coefficient (Wildman–Crippen LogP) is 1.99. The fourth-order valence-corrected chi connectivity index (χ4v) is 4.38. The molecule has 0 atom stereocenters. The van der Waals surface area contributed by atoms with Gasteiger partial charge in [-0.25, -0.2) is 21.6 Å². The number of rotatable bonds is 6. The van der Waals surface area contributed by atoms with E-state index >= 15 is 0 Å². The number of halogens is 3. The molecule has 1 aliphatic heterocycles. The lowest BCUT2D eigenvalue weighted by molar-refractivity contribution is 0.0955. The predicted molar refractivity (Wildman–Crippen MR) is 103 cm³/mol. The number of benzene rings is 2. The first-order valence-corrected chi connectivity index (χ1v) is 10.6. The van der Waals surface area contributed by atoms with Crippen LogP contribution in [0.2, 0.25) is 0 Å². The van der Waals surface area contributed by atoms with E-state index in [-0.39, 0.29) is 36.8 Å². The number of hydrogen-bond acceptors (Lipinski definition) is 4. The topological polar surface area (TPSA) is 69.7 Å². The summed E-state index contributed by atoms with van der Waals surface area (Å²) < 4.78 is 65.4. The van der Waals surface area contributed by atoms with Crippen LogP contribution >= 0.6 is 0 Å². The molecule has 2 aromatic carbocycles. The summed E-state index contributed by atoms with van der Waals surface area (Å²) in [4.78, 5) is 13.9. The minimum absolute atomic E-state index is 0.0887. The summed E-state index contributed by atoms with van der Waals surface area (Å²) in [6.07, 6.45) is 0. The number of nitrogens with zero attached hydrogens (tertiary/aromatic N) is 2. The van der Waals surface area contributed by atoms with E-state index in [0.29, 0.717) is 13.1 Å². The van der Waals surface area contributed by atoms with Gasteiger partial charge in [0.05, 0.1) is 5.75 Å². The number of anilines is 1. The summed E-state index contributed by atoms with van der Waals surface area (Å²) in [5.74, 6) is -3.53. The lowest BCUT2D eigenvalue weighted by Crippen LogP contribution is -2.50. The number of piperazine rings is 1. The maximum absolute atomic E-state index is 13.2. The van der Waals surface area contributed by atoms with Crippen LogP contribution in [0.1, 0.15) is 10.4 Å². The third-order valence-corrected chi connectivity index (χ3v) is 6.52. The summed E-state index contributed by atoms with van der Waals surface area (Å²) in [5, 5.41) is 2.40. The van der Waals surface area contributed by atoms with Crippen molar-refractivity contribution in [3.8, 4) is 0 Å². The van der Waals surface area contributed by atoms with Gasteiger partial charge in [0.25, 0.3) is 5.91 Å². The van der Waals surface area contributed by atoms with Crippen molar-refractivity contribution in [3.05, 3.63) is 65.5 Å². The molecular formula is C19H20F3N3O3S. The van der Waals surface area contributed by atoms with Gasteiger partial charge < -0.3 is 10.2 Å². The fraction of sp³-hybridized carbons (Fsp3) is 0.316. The molecule has 156 valence electrons. The molecule has 3 rings (SSSR count). The molecule has 10 heteroatoms. The van der Waals surface area contributed by atoms with Crippen molar-refractivity contribution >= 4 is 21.6 Å². The molecule has 1 aliphatic rings. The molecule has 0 saturated carbocycles. The van der Waals surface area contributed by atoms with Crippen LogP contribution in [0.5, 0.6) is 0 Å². The largest absolute Gasteiger partial charge is 0.369 e. The highest BCUT2D eigenvalue weighted by Gasteiger charge is 2.27. The smallest absolute Gasteiger partial charge is 0.251 e. The molecule has 1 N–H and O–H groups in total. The van der Waals surface area contributed by atoms with Crippen LogP contribution in [0.25, 0.3) is 0 Å². The van der Waals surface area contributed by atoms with E-state index in [2.05, 4.69) is 5.32 Å². The second-order valence-corrected chi connectivity index (χ2v) is 8.65. The van der Waals surface area contributed by atoms with Gasteiger partial charge in [-0.2, -0.15) is 4.31 Å². The van der Waals surface area contributed by atoms with Gasteiger partial charge in [-0.05, 0) is 42.5 Å². The summed E-state index contributed by atoms with van der Waals surface area (Å²) in [7, 11) is -3.59. The zero-order valence-corrected chi connectivity index (χ0v) is 16.3. The third kappa shape index (κ3) is 5.27. The van der Waals surface area contributed by atoms with Crippen molar-refractivity contribution < 1.29 is 26.4 Å². The molecule has 0 aromatic heterocycles. The van der Waals surface area contributed by atoms with Crippen molar-refractivity contribution in [1.82, 2.24) is 9.62 Å². The van der Waals surface area contributed by atoms with Crippen LogP contribution in [-0.4, -0.2) is 57.1 Å². The number of sulfonamides is 1. The summed E-state index contributed by atoms with van der Waals surface area (Å²) >= 11 is 0. The van der Waals surface area contributed by atoms with Gasteiger partial charge in [-0.15, -0.1) is 0 Å². The highest BCUT2D eigenvalue weighted by molar-refractivity contribution is 7.89. The van der Waals surface area contributed by atoms with Crippen molar-refractivity contribution in [3.63, 3.8) is 0 Å². The Morgan fingerprint density at radius 1 is 0.931 bits per heavy atom. The zero-order valence-electron chi connectivity index (χ0n) is 15.4. The molecule has 0 aliphatic carbocycles. The van der Waals surface area contributed by atoms with Gasteiger partial charge >= 0.3 is 0 Å². The highest BCUT2D eigenvalue weighted by Crippen LogP contribution is 2.18. The van der Waals surface area contributed by atoms with E-state index in [1.807, 2.05) is 4.90 Å². The van der Waals surface area contributed by atoms with Crippen LogP contribution in [0.3, 0.4) is 0 Å². The van der Waals surface area contributed by atoms with Crippen LogP contribution in [0, 0.1) is 17.5 Å². The third-order valence-electron chi connectivity index (χ3n) is 4.65. The van der Waals surface area contributed by atoms with Gasteiger partial charge in [0.1, 0.15) is 5.82 Å². The minimum atomic E-state index is -3.59. The Bertz CT molecular complexity index is 976. The Labute approximate surface area is 167 Å². The molecular weight excluding hydrogens is 407 g/mol. The Morgan fingerprint density at radius 3 is 2.21 bits per heavy atom. The van der Waals surface area contributed by atoms with Gasteiger partial charge in [0.15, 0.2) is 11.6 Å². The van der Waals surface area contributed by atoms with Gasteiger partial charge in [0.2, 0.25) is 10.0 Å². The Hall–Kier alpha value is -2.59. The molecule has 2 aromatic rings. The molecule has 0 unspecified atom stereocenters. The summed E-state index contributed by atoms with van der Waals surface area (Å²) in [5.41, 5.74) is 0.733. The SMILES string of the molecule is O=C(NCCS(=O)(=O)N1CCN(c2ccc(F)cc2)CC1)c1ccc(F)c(F)c1. The number of amides is 1. The van der Waals surface area contributed by atoms with E-state index in [4.69, 9.17) is 0 Å². The van der Waals surface area contributed by atoms with E-state index in [0.717, 1.165) is 23.9 Å². The molecule has 1 saturated heterocycles. The Kier molecular flexibility index (Phi) is 6.43. The average molecular weight is 427 g/mol. The lowest BCUT2D eigenvalue weighted by atomic mass is 10.2. The molecule has 0 radical (unpaired) electrons. The lowest BCUT2D eigenvalue weighted by Gasteiger charge is -2.35. The first-order valence-electron chi connectivity index (χ1n) is 8.98. The standard InChI is InChI=1S/C19H20F3N3O3S/c20-15-2-4-16(5-3-15)24-8-10-25(11-9-24)29(27,28)12-7-23-19(26)14-1-6-17(21)18(22)13-14/h1-6,13H,7-12H2,(H,23,26). The maximum atomic E-state index is 13.2. The van der Waals surface area contributed by atoms with E-state index < -0.39 is 27.6 Å². The van der Waals surface area contributed by atoms with Crippen molar-refractivity contribution in [1.29, 1.82) is 0 Å². The summed E-state index contributed by atoms with van der Waals surface area (Å²) in [6, 6.07) is 8.72. The van der Waals surface area contributed by atoms with Crippen LogP contribution in [-0.2, 0) is 10.0 Å². The second kappa shape index (κ2) is 8.83. The van der Waals surface area contributed by atoms with E-state index in [1.165, 1.54) is 16.4 Å². The maximum Gasteiger partial charge on any atom is 0.251 e. The first kappa shape index (κ1) is 21.1. The first-order chi connectivity index (χ1) is 13.8. The van der Waals surface area contributed by atoms with Crippen molar-refractivity contribution in [2.24, 2.45) is 0 Å². The van der Waals surface area contributed by atoms with E-state index in [1.54, 1.807) is 12.1 Å². The number of carbonyl (C=O) groups excluding carboxylic acids is 1. The van der Waals surface area contributed by atoms with Gasteiger partial charge in [-0.3, -0.25) is 4.79 Å². The van der Waals surface area contributed by atoms with E-state index in [9.17, 15) is 26.4 Å². The van der Waals surface area contributed by atoms with Crippen LogP contribution in [0.4, 0.5) is 18.9 Å². The number of nitrogens with one attached hydrogen (secondary N) is 1. The number of carbonyl (C=O) groups is 1. The minimum Gasteiger partial charge on any atom is -0.369 e. The van der Waals surface area contributed by atoms with Gasteiger partial charge in [-0.1, -0.05) is 0 Å². The molecule has 1 heterocycles. The quantitative estimate of drug-likeness (QED) is 0.766. The molecule has 1 amide bonds. The van der Waals surface area contributed by atoms with Crippen LogP contribution in [0.15, 0.2) is 42.5 Å². The fourth-order valence-electron chi connectivity index (χ4n) is 3.04. The molecule has 1 fully saturated rings. The van der Waals surface area contributed by atoms with Crippen molar-refractivity contribution in [2.45, 2.75) is 0 Å². The normalized spacial score (nSPS) is 15.3. The zero-order chi connectivity index (χ0) is 21.0. The Morgan fingerprint density at radius 2 is 1.59 bits per heavy atom. The molecule has 0 bridgehead atoms. The number of hydrogen-bond donors (Lipinski definition) is 1. The molecule has 29 heavy (non-hydrogen) atoms. The second-order valence-electron chi connectivity index (χ2n) is 6.56. The average Bonchev–Trinajstić information content (AvgIpc) is 2.70. The molecule has 0 spiro atoms. The van der Waals surface area contributed by atoms with Crippen LogP contribution < -0.4 is 10.2 Å². The van der Waals surface area contributed by atoms with Gasteiger partial charge in [0, 0.05) is 44.0 Å².